The number of amides is 2. The van der Waals surface area contributed by atoms with E-state index in [1.165, 1.54) is 19.1 Å². The van der Waals surface area contributed by atoms with Gasteiger partial charge < -0.3 is 25.4 Å². The van der Waals surface area contributed by atoms with Crippen molar-refractivity contribution in [3.8, 4) is 11.5 Å². The first-order chi connectivity index (χ1) is 9.94. The lowest BCUT2D eigenvalue weighted by Crippen LogP contribution is -2.31. The maximum atomic E-state index is 12.4. The number of anilines is 1. The van der Waals surface area contributed by atoms with Crippen LogP contribution < -0.4 is 20.5 Å². The van der Waals surface area contributed by atoms with E-state index < -0.39 is 0 Å². The Labute approximate surface area is 124 Å². The molecule has 1 rings (SSSR count). The third-order valence-electron chi connectivity index (χ3n) is 3.10. The fraction of sp³-hybridized carbons (Fsp3) is 0.429. The van der Waals surface area contributed by atoms with Gasteiger partial charge in [0.15, 0.2) is 0 Å². The Kier molecular flexibility index (Phi) is 5.83. The van der Waals surface area contributed by atoms with Crippen molar-refractivity contribution in [2.45, 2.75) is 6.42 Å². The number of hydrogen-bond donors (Lipinski definition) is 2. The molecule has 116 valence electrons. The van der Waals surface area contributed by atoms with E-state index in [1.54, 1.807) is 26.2 Å². The summed E-state index contributed by atoms with van der Waals surface area (Å²) in [6.07, 6.45) is 0.222. The minimum atomic E-state index is -0.298. The molecule has 0 aliphatic rings. The van der Waals surface area contributed by atoms with Crippen LogP contribution in [0.5, 0.6) is 11.5 Å². The first-order valence-corrected chi connectivity index (χ1v) is 6.42. The van der Waals surface area contributed by atoms with E-state index in [-0.39, 0.29) is 36.0 Å². The fourth-order valence-electron chi connectivity index (χ4n) is 1.77. The average Bonchev–Trinajstić information content (AvgIpc) is 2.51. The second kappa shape index (κ2) is 7.37. The van der Waals surface area contributed by atoms with Gasteiger partial charge in [0.05, 0.1) is 25.5 Å². The van der Waals surface area contributed by atoms with Crippen LogP contribution in [0.2, 0.25) is 0 Å². The number of methoxy groups -OCH3 is 2. The number of nitrogens with zero attached hydrogens (tertiary/aromatic N) is 1. The summed E-state index contributed by atoms with van der Waals surface area (Å²) in [4.78, 5) is 25.1. The first kappa shape index (κ1) is 16.6. The molecule has 0 unspecified atom stereocenters. The van der Waals surface area contributed by atoms with Crippen LogP contribution in [0, 0.1) is 0 Å². The van der Waals surface area contributed by atoms with Gasteiger partial charge in [-0.05, 0) is 6.07 Å². The van der Waals surface area contributed by atoms with Gasteiger partial charge in [-0.15, -0.1) is 0 Å². The van der Waals surface area contributed by atoms with Gasteiger partial charge in [-0.1, -0.05) is 0 Å². The summed E-state index contributed by atoms with van der Waals surface area (Å²) < 4.78 is 10.3. The molecule has 0 spiro atoms. The lowest BCUT2D eigenvalue weighted by Gasteiger charge is -2.19. The summed E-state index contributed by atoms with van der Waals surface area (Å²) in [7, 11) is 6.12. The van der Waals surface area contributed by atoms with Crippen LogP contribution in [0.1, 0.15) is 16.8 Å². The van der Waals surface area contributed by atoms with Crippen LogP contribution in [0.4, 0.5) is 5.69 Å². The van der Waals surface area contributed by atoms with Crippen LogP contribution in [-0.2, 0) is 4.79 Å². The smallest absolute Gasteiger partial charge is 0.255 e. The third-order valence-corrected chi connectivity index (χ3v) is 3.10. The number of ether oxygens (including phenoxy) is 2. The minimum absolute atomic E-state index is 0.133. The SMILES string of the molecule is CNC(=O)CCN(C)C(=O)c1cc(OC)cc(OC)c1N. The predicted molar refractivity (Wildman–Crippen MR) is 79.6 cm³/mol. The third kappa shape index (κ3) is 4.01. The number of nitrogen functional groups attached to an aromatic ring is 1. The molecule has 7 heteroatoms. The number of hydrogen-bond acceptors (Lipinski definition) is 5. The maximum Gasteiger partial charge on any atom is 0.255 e. The van der Waals surface area contributed by atoms with Crippen LogP contribution >= 0.6 is 0 Å². The first-order valence-electron chi connectivity index (χ1n) is 6.42. The van der Waals surface area contributed by atoms with E-state index in [4.69, 9.17) is 15.2 Å². The molecule has 1 aromatic rings. The highest BCUT2D eigenvalue weighted by atomic mass is 16.5. The van der Waals surface area contributed by atoms with Gasteiger partial charge in [0, 0.05) is 33.1 Å². The molecule has 0 fully saturated rings. The molecule has 0 radical (unpaired) electrons. The molecule has 7 nitrogen and oxygen atoms in total. The summed E-state index contributed by atoms with van der Waals surface area (Å²) in [5, 5.41) is 2.51. The second-order valence-electron chi connectivity index (χ2n) is 4.44. The van der Waals surface area contributed by atoms with Crippen molar-refractivity contribution >= 4 is 17.5 Å². The lowest BCUT2D eigenvalue weighted by molar-refractivity contribution is -0.120. The Morgan fingerprint density at radius 2 is 1.95 bits per heavy atom. The number of benzene rings is 1. The van der Waals surface area contributed by atoms with Crippen molar-refractivity contribution in [3.63, 3.8) is 0 Å². The number of nitrogens with two attached hydrogens (primary N) is 1. The standard InChI is InChI=1S/C14H21N3O4/c1-16-12(18)5-6-17(2)14(19)10-7-9(20-3)8-11(21-4)13(10)15/h7-8H,5-6,15H2,1-4H3,(H,16,18). The topological polar surface area (TPSA) is 93.9 Å². The Bertz CT molecular complexity index is 531. The highest BCUT2D eigenvalue weighted by Crippen LogP contribution is 2.31. The Hall–Kier alpha value is -2.44. The van der Waals surface area contributed by atoms with Gasteiger partial charge in [-0.25, -0.2) is 0 Å². The fourth-order valence-corrected chi connectivity index (χ4v) is 1.77. The van der Waals surface area contributed by atoms with Gasteiger partial charge in [0.2, 0.25) is 5.91 Å². The number of nitrogens with one attached hydrogen (secondary N) is 1. The van der Waals surface area contributed by atoms with E-state index >= 15 is 0 Å². The second-order valence-corrected chi connectivity index (χ2v) is 4.44. The van der Waals surface area contributed by atoms with E-state index in [1.807, 2.05) is 0 Å². The maximum absolute atomic E-state index is 12.4. The normalized spacial score (nSPS) is 9.90. The van der Waals surface area contributed by atoms with Crippen molar-refractivity contribution in [1.29, 1.82) is 0 Å². The monoisotopic (exact) mass is 295 g/mol. The molecule has 0 aliphatic carbocycles. The van der Waals surface area contributed by atoms with E-state index in [9.17, 15) is 9.59 Å². The molecule has 2 amide bonds. The molecule has 0 aliphatic heterocycles. The lowest BCUT2D eigenvalue weighted by atomic mass is 10.1. The van der Waals surface area contributed by atoms with E-state index in [0.717, 1.165) is 0 Å². The molecule has 0 bridgehead atoms. The highest BCUT2D eigenvalue weighted by Gasteiger charge is 2.19. The van der Waals surface area contributed by atoms with Crippen molar-refractivity contribution in [2.75, 3.05) is 40.6 Å². The van der Waals surface area contributed by atoms with E-state index in [0.29, 0.717) is 11.5 Å². The zero-order valence-corrected chi connectivity index (χ0v) is 12.7. The van der Waals surface area contributed by atoms with Gasteiger partial charge in [-0.2, -0.15) is 0 Å². The van der Waals surface area contributed by atoms with Crippen LogP contribution in [0.25, 0.3) is 0 Å². The molecule has 0 saturated heterocycles. The molecule has 3 N–H and O–H groups in total. The Balaban J connectivity index is 2.97. The molecule has 0 saturated carbocycles. The number of carbonyl (C=O) groups excluding carboxylic acids is 2. The van der Waals surface area contributed by atoms with Gasteiger partial charge in [0.25, 0.3) is 5.91 Å². The number of carbonyl (C=O) groups is 2. The summed E-state index contributed by atoms with van der Waals surface area (Å²) >= 11 is 0. The summed E-state index contributed by atoms with van der Waals surface area (Å²) in [5.74, 6) is 0.418. The van der Waals surface area contributed by atoms with Crippen molar-refractivity contribution in [2.24, 2.45) is 0 Å². The highest BCUT2D eigenvalue weighted by molar-refractivity contribution is 6.01. The van der Waals surface area contributed by atoms with Crippen LogP contribution in [-0.4, -0.2) is 51.6 Å². The zero-order valence-electron chi connectivity index (χ0n) is 12.7. The van der Waals surface area contributed by atoms with E-state index in [2.05, 4.69) is 5.32 Å². The largest absolute Gasteiger partial charge is 0.497 e. The number of rotatable bonds is 6. The minimum Gasteiger partial charge on any atom is -0.497 e. The quantitative estimate of drug-likeness (QED) is 0.745. The Morgan fingerprint density at radius 1 is 1.29 bits per heavy atom. The summed E-state index contributed by atoms with van der Waals surface area (Å²) in [6.45, 7) is 0.289. The molecule has 0 atom stereocenters. The molecule has 21 heavy (non-hydrogen) atoms. The summed E-state index contributed by atoms with van der Waals surface area (Å²) in [6, 6.07) is 3.16. The Morgan fingerprint density at radius 3 is 2.48 bits per heavy atom. The molecular weight excluding hydrogens is 274 g/mol. The molecular formula is C14H21N3O4. The molecule has 1 aromatic carbocycles. The van der Waals surface area contributed by atoms with Crippen molar-refractivity contribution < 1.29 is 19.1 Å². The average molecular weight is 295 g/mol. The van der Waals surface area contributed by atoms with Crippen LogP contribution in [0.3, 0.4) is 0 Å². The molecule has 0 heterocycles. The summed E-state index contributed by atoms with van der Waals surface area (Å²) in [5.41, 5.74) is 6.46. The van der Waals surface area contributed by atoms with Gasteiger partial charge in [0.1, 0.15) is 11.5 Å². The zero-order chi connectivity index (χ0) is 16.0. The molecule has 0 aromatic heterocycles. The predicted octanol–water partition coefficient (Wildman–Crippen LogP) is 0.494. The van der Waals surface area contributed by atoms with Crippen molar-refractivity contribution in [3.05, 3.63) is 17.7 Å². The van der Waals surface area contributed by atoms with Gasteiger partial charge in [-0.3, -0.25) is 9.59 Å². The van der Waals surface area contributed by atoms with Gasteiger partial charge >= 0.3 is 0 Å². The van der Waals surface area contributed by atoms with Crippen molar-refractivity contribution in [1.82, 2.24) is 10.2 Å². The van der Waals surface area contributed by atoms with Crippen LogP contribution in [0.15, 0.2) is 12.1 Å².